The average Bonchev–Trinajstić information content (AvgIpc) is 2.77. The van der Waals surface area contributed by atoms with E-state index >= 15 is 0 Å². The summed E-state index contributed by atoms with van der Waals surface area (Å²) in [7, 11) is 0. The normalized spacial score (nSPS) is 10.9. The van der Waals surface area contributed by atoms with E-state index in [4.69, 9.17) is 14.9 Å². The van der Waals surface area contributed by atoms with Crippen LogP contribution in [-0.2, 0) is 9.59 Å². The van der Waals surface area contributed by atoms with Crippen LogP contribution >= 0.6 is 11.8 Å². The van der Waals surface area contributed by atoms with Crippen molar-refractivity contribution in [3.8, 4) is 5.75 Å². The first-order chi connectivity index (χ1) is 15.6. The Hall–Kier alpha value is -1.69. The van der Waals surface area contributed by atoms with E-state index in [1.165, 1.54) is 64.2 Å². The highest BCUT2D eigenvalue weighted by molar-refractivity contribution is 7.99. The molecule has 6 heteroatoms. The van der Waals surface area contributed by atoms with Crippen LogP contribution in [0.25, 0.3) is 0 Å². The molecule has 0 spiro atoms. The zero-order valence-electron chi connectivity index (χ0n) is 19.6. The topological polar surface area (TPSA) is 83.8 Å². The maximum atomic E-state index is 10.6. The molecule has 0 unspecified atom stereocenters. The molecule has 0 aliphatic rings. The van der Waals surface area contributed by atoms with Gasteiger partial charge >= 0.3 is 11.9 Å². The maximum absolute atomic E-state index is 10.6. The summed E-state index contributed by atoms with van der Waals surface area (Å²) in [6.07, 6.45) is 16.8. The molecular formula is C26H42O5S. The third-order valence-electron chi connectivity index (χ3n) is 5.43. The van der Waals surface area contributed by atoms with Gasteiger partial charge in [0.2, 0.25) is 0 Å². The van der Waals surface area contributed by atoms with Crippen molar-refractivity contribution in [3.05, 3.63) is 24.3 Å². The Morgan fingerprint density at radius 2 is 1.12 bits per heavy atom. The minimum atomic E-state index is -0.739. The van der Waals surface area contributed by atoms with E-state index in [0.29, 0.717) is 12.8 Å². The Labute approximate surface area is 198 Å². The molecule has 1 aromatic rings. The standard InChI is InChI=1S/C26H42O5S/c27-25(28)19-12-10-8-6-4-2-1-3-5-7-9-11-15-21-31-23-17-13-14-18-24(23)32-22-16-20-26(29)30/h13-14,17-18H,1-12,15-16,19-22H2,(H,27,28)(H,29,30). The van der Waals surface area contributed by atoms with E-state index in [2.05, 4.69) is 0 Å². The highest BCUT2D eigenvalue weighted by Crippen LogP contribution is 2.30. The summed E-state index contributed by atoms with van der Waals surface area (Å²) in [4.78, 5) is 22.1. The van der Waals surface area contributed by atoms with Crippen LogP contribution in [-0.4, -0.2) is 34.5 Å². The number of ether oxygens (including phenoxy) is 1. The van der Waals surface area contributed by atoms with Crippen LogP contribution in [0.2, 0.25) is 0 Å². The number of unbranched alkanes of at least 4 members (excludes halogenated alkanes) is 12. The molecule has 0 saturated carbocycles. The fourth-order valence-electron chi connectivity index (χ4n) is 3.60. The predicted molar refractivity (Wildman–Crippen MR) is 132 cm³/mol. The van der Waals surface area contributed by atoms with Crippen LogP contribution in [0.3, 0.4) is 0 Å². The summed E-state index contributed by atoms with van der Waals surface area (Å²) in [5, 5.41) is 17.3. The number of para-hydroxylation sites is 1. The van der Waals surface area contributed by atoms with Crippen LogP contribution in [0.5, 0.6) is 5.75 Å². The van der Waals surface area contributed by atoms with Crippen molar-refractivity contribution in [1.82, 2.24) is 0 Å². The van der Waals surface area contributed by atoms with Crippen LogP contribution in [0, 0.1) is 0 Å². The van der Waals surface area contributed by atoms with Gasteiger partial charge in [0.15, 0.2) is 0 Å². The molecule has 2 N–H and O–H groups in total. The lowest BCUT2D eigenvalue weighted by atomic mass is 10.0. The zero-order valence-corrected chi connectivity index (χ0v) is 20.4. The summed E-state index contributed by atoms with van der Waals surface area (Å²) in [5.74, 6) is 0.287. The molecule has 0 fully saturated rings. The number of carbonyl (C=O) groups is 2. The number of carboxylic acid groups (broad SMARTS) is 2. The first-order valence-corrected chi connectivity index (χ1v) is 13.4. The minimum Gasteiger partial charge on any atom is -0.492 e. The molecule has 0 bridgehead atoms. The molecule has 0 atom stereocenters. The quantitative estimate of drug-likeness (QED) is 0.135. The average molecular weight is 467 g/mol. The fraction of sp³-hybridized carbons (Fsp3) is 0.692. The molecule has 182 valence electrons. The smallest absolute Gasteiger partial charge is 0.303 e. The lowest BCUT2D eigenvalue weighted by Gasteiger charge is -2.11. The summed E-state index contributed by atoms with van der Waals surface area (Å²) in [6.45, 7) is 0.735. The number of carboxylic acids is 2. The Balaban J connectivity index is 1.92. The molecule has 0 saturated heterocycles. The van der Waals surface area contributed by atoms with Crippen LogP contribution in [0.1, 0.15) is 103 Å². The number of rotatable bonds is 22. The van der Waals surface area contributed by atoms with Crippen molar-refractivity contribution in [3.63, 3.8) is 0 Å². The van der Waals surface area contributed by atoms with Gasteiger partial charge in [-0.1, -0.05) is 82.8 Å². The Morgan fingerprint density at radius 3 is 1.69 bits per heavy atom. The monoisotopic (exact) mass is 466 g/mol. The molecule has 1 aromatic carbocycles. The third kappa shape index (κ3) is 16.9. The molecule has 1 rings (SSSR count). The number of thioether (sulfide) groups is 1. The summed E-state index contributed by atoms with van der Waals surface area (Å²) in [5.41, 5.74) is 0. The van der Waals surface area contributed by atoms with E-state index in [1.807, 2.05) is 24.3 Å². The van der Waals surface area contributed by atoms with Crippen molar-refractivity contribution in [2.24, 2.45) is 0 Å². The lowest BCUT2D eigenvalue weighted by Crippen LogP contribution is -1.99. The Bertz CT molecular complexity index is 620. The first kappa shape index (κ1) is 28.3. The van der Waals surface area contributed by atoms with Gasteiger partial charge in [-0.05, 0) is 37.1 Å². The summed E-state index contributed by atoms with van der Waals surface area (Å²) in [6, 6.07) is 8.01. The van der Waals surface area contributed by atoms with Gasteiger partial charge in [0.05, 0.1) is 6.61 Å². The van der Waals surface area contributed by atoms with Crippen molar-refractivity contribution in [2.75, 3.05) is 12.4 Å². The summed E-state index contributed by atoms with van der Waals surface area (Å²) >= 11 is 1.67. The molecule has 32 heavy (non-hydrogen) atoms. The van der Waals surface area contributed by atoms with Gasteiger partial charge in [-0.3, -0.25) is 9.59 Å². The van der Waals surface area contributed by atoms with E-state index in [9.17, 15) is 9.59 Å². The molecule has 0 aromatic heterocycles. The van der Waals surface area contributed by atoms with Gasteiger partial charge in [-0.15, -0.1) is 11.8 Å². The lowest BCUT2D eigenvalue weighted by molar-refractivity contribution is -0.138. The predicted octanol–water partition coefficient (Wildman–Crippen LogP) is 7.57. The number of hydrogen-bond acceptors (Lipinski definition) is 4. The van der Waals surface area contributed by atoms with Gasteiger partial charge in [0.25, 0.3) is 0 Å². The van der Waals surface area contributed by atoms with E-state index in [0.717, 1.165) is 42.3 Å². The Morgan fingerprint density at radius 1 is 0.656 bits per heavy atom. The van der Waals surface area contributed by atoms with E-state index < -0.39 is 11.9 Å². The largest absolute Gasteiger partial charge is 0.492 e. The molecule has 0 amide bonds. The fourth-order valence-corrected chi connectivity index (χ4v) is 4.55. The summed E-state index contributed by atoms with van der Waals surface area (Å²) < 4.78 is 5.97. The minimum absolute atomic E-state index is 0.214. The SMILES string of the molecule is O=C(O)CCCCCCCCCCCCCCCOc1ccccc1SCCCC(=O)O. The van der Waals surface area contributed by atoms with E-state index in [1.54, 1.807) is 11.8 Å². The van der Waals surface area contributed by atoms with Crippen molar-refractivity contribution >= 4 is 23.7 Å². The first-order valence-electron chi connectivity index (χ1n) is 12.4. The second-order valence-corrected chi connectivity index (χ2v) is 9.52. The number of benzene rings is 1. The highest BCUT2D eigenvalue weighted by atomic mass is 32.2. The number of aliphatic carboxylic acids is 2. The molecule has 5 nitrogen and oxygen atoms in total. The molecular weight excluding hydrogens is 424 g/mol. The highest BCUT2D eigenvalue weighted by Gasteiger charge is 2.05. The third-order valence-corrected chi connectivity index (χ3v) is 6.58. The van der Waals surface area contributed by atoms with Gasteiger partial charge in [0, 0.05) is 17.7 Å². The van der Waals surface area contributed by atoms with Crippen LogP contribution < -0.4 is 4.74 Å². The Kier molecular flexibility index (Phi) is 17.7. The molecule has 0 radical (unpaired) electrons. The van der Waals surface area contributed by atoms with Crippen LogP contribution in [0.15, 0.2) is 29.2 Å². The van der Waals surface area contributed by atoms with Gasteiger partial charge in [-0.2, -0.15) is 0 Å². The molecule has 0 heterocycles. The molecule has 0 aliphatic carbocycles. The van der Waals surface area contributed by atoms with Gasteiger partial charge in [-0.25, -0.2) is 0 Å². The van der Waals surface area contributed by atoms with Crippen molar-refractivity contribution < 1.29 is 24.5 Å². The second-order valence-electron chi connectivity index (χ2n) is 8.38. The van der Waals surface area contributed by atoms with Gasteiger partial charge < -0.3 is 14.9 Å². The second kappa shape index (κ2) is 20.0. The van der Waals surface area contributed by atoms with E-state index in [-0.39, 0.29) is 6.42 Å². The van der Waals surface area contributed by atoms with Crippen LogP contribution in [0.4, 0.5) is 0 Å². The van der Waals surface area contributed by atoms with Crippen molar-refractivity contribution in [1.29, 1.82) is 0 Å². The molecule has 0 aliphatic heterocycles. The van der Waals surface area contributed by atoms with Crippen molar-refractivity contribution in [2.45, 2.75) is 108 Å². The maximum Gasteiger partial charge on any atom is 0.303 e. The zero-order chi connectivity index (χ0) is 23.3. The number of hydrogen-bond donors (Lipinski definition) is 2. The van der Waals surface area contributed by atoms with Gasteiger partial charge in [0.1, 0.15) is 5.75 Å².